The van der Waals surface area contributed by atoms with Crippen molar-refractivity contribution in [2.45, 2.75) is 13.1 Å². The van der Waals surface area contributed by atoms with E-state index in [2.05, 4.69) is 60.0 Å². The van der Waals surface area contributed by atoms with E-state index in [9.17, 15) is 0 Å². The summed E-state index contributed by atoms with van der Waals surface area (Å²) in [5, 5.41) is 5.39. The minimum absolute atomic E-state index is 0.908. The second-order valence-electron chi connectivity index (χ2n) is 8.44. The van der Waals surface area contributed by atoms with Crippen molar-refractivity contribution < 1.29 is 4.11 Å². The first-order chi connectivity index (χ1) is 14.4. The average Bonchev–Trinajstić information content (AvgIpc) is 2.78. The summed E-state index contributed by atoms with van der Waals surface area (Å²) in [6.07, 6.45) is 0. The Hall–Kier alpha value is -2.70. The van der Waals surface area contributed by atoms with E-state index in [0.717, 1.165) is 32.0 Å². The molecular weight excluding hydrogens is 401 g/mol. The van der Waals surface area contributed by atoms with E-state index in [0.29, 0.717) is 0 Å². The number of hydrogen-bond donors (Lipinski definition) is 0. The maximum Gasteiger partial charge on any atom is 0.270 e. The Labute approximate surface area is 180 Å². The van der Waals surface area contributed by atoms with Gasteiger partial charge in [-0.25, -0.2) is 0 Å². The summed E-state index contributed by atoms with van der Waals surface area (Å²) < 4.78 is 17.6. The van der Waals surface area contributed by atoms with E-state index in [1.165, 1.54) is 0 Å². The molecule has 4 aromatic rings. The van der Waals surface area contributed by atoms with Crippen molar-refractivity contribution in [3.63, 3.8) is 0 Å². The molecule has 0 amide bonds. The van der Waals surface area contributed by atoms with Gasteiger partial charge in [-0.15, -0.1) is 0 Å². The Bertz CT molecular complexity index is 1110. The summed E-state index contributed by atoms with van der Waals surface area (Å²) in [6, 6.07) is 33.1. The van der Waals surface area contributed by atoms with Crippen LogP contribution in [0.3, 0.4) is 0 Å². The van der Waals surface area contributed by atoms with Crippen molar-refractivity contribution in [2.75, 3.05) is 19.0 Å². The predicted molar refractivity (Wildman–Crippen MR) is 134 cm³/mol. The van der Waals surface area contributed by atoms with Crippen LogP contribution in [0.5, 0.6) is 0 Å². The fourth-order valence-corrected chi connectivity index (χ4v) is 15.9. The van der Waals surface area contributed by atoms with E-state index >= 15 is 4.11 Å². The van der Waals surface area contributed by atoms with Gasteiger partial charge in [0.15, 0.2) is 0 Å². The summed E-state index contributed by atoms with van der Waals surface area (Å²) in [6.45, 7) is 4.15. The molecule has 0 N–H and O–H groups in total. The average molecular weight is 430 g/mol. The molecule has 1 unspecified atom stereocenters. The molecule has 0 aromatic heterocycles. The van der Waals surface area contributed by atoms with Crippen LogP contribution in [0.1, 0.15) is 0 Å². The molecule has 0 saturated heterocycles. The van der Waals surface area contributed by atoms with Gasteiger partial charge in [0.2, 0.25) is 0 Å². The third kappa shape index (κ3) is 3.20. The molecule has 1 atom stereocenters. The second kappa shape index (κ2) is 7.86. The molecule has 4 rings (SSSR count). The largest absolute Gasteiger partial charge is 0.377 e. The van der Waals surface area contributed by atoms with Crippen molar-refractivity contribution in [1.29, 1.82) is 0 Å². The first-order valence-electron chi connectivity index (χ1n) is 10.4. The van der Waals surface area contributed by atoms with Crippen LogP contribution in [-0.4, -0.2) is 29.6 Å². The maximum absolute atomic E-state index is 17.6. The summed E-state index contributed by atoms with van der Waals surface area (Å²) in [5.41, 5.74) is 1.08. The molecule has 0 saturated carbocycles. The van der Waals surface area contributed by atoms with Crippen LogP contribution in [0.4, 0.5) is 9.80 Å². The number of nitrogens with zero attached hydrogens (tertiary/aromatic N) is 1. The molecule has 0 aliphatic carbocycles. The van der Waals surface area contributed by atoms with Crippen LogP contribution in [0, 0.1) is 0 Å². The molecule has 0 radical (unpaired) electrons. The van der Waals surface area contributed by atoms with Gasteiger partial charge < -0.3 is 9.01 Å². The Morgan fingerprint density at radius 1 is 0.633 bits per heavy atom. The van der Waals surface area contributed by atoms with E-state index in [1.807, 2.05) is 69.2 Å². The number of hydrogen-bond acceptors (Lipinski definition) is 1. The Balaban J connectivity index is 2.06. The Morgan fingerprint density at radius 2 is 1.13 bits per heavy atom. The molecule has 4 aromatic carbocycles. The fourth-order valence-electron chi connectivity index (χ4n) is 4.61. The van der Waals surface area contributed by atoms with Gasteiger partial charge >= 0.3 is 0 Å². The standard InChI is InChI=1S/C26H28FNSi2/c1-28(2)24-19-11-13-21-14-12-20-25(26(21)24)30(4,27)29(3,22-15-7-5-8-16-22)23-17-9-6-10-18-23/h5-20H,1-4H3. The molecular formula is C26H28FNSi2. The summed E-state index contributed by atoms with van der Waals surface area (Å²) in [7, 11) is -2.06. The Morgan fingerprint density at radius 3 is 1.63 bits per heavy atom. The number of fused-ring (bicyclic) bond motifs is 1. The molecule has 0 heterocycles. The van der Waals surface area contributed by atoms with Crippen molar-refractivity contribution >= 4 is 47.5 Å². The van der Waals surface area contributed by atoms with E-state index in [-0.39, 0.29) is 0 Å². The molecule has 4 heteroatoms. The first-order valence-corrected chi connectivity index (χ1v) is 16.2. The van der Waals surface area contributed by atoms with Crippen LogP contribution < -0.4 is 20.5 Å². The van der Waals surface area contributed by atoms with Crippen molar-refractivity contribution in [3.05, 3.63) is 97.1 Å². The normalized spacial score (nSPS) is 13.8. The number of halogens is 1. The van der Waals surface area contributed by atoms with Crippen LogP contribution in [-0.2, 0) is 0 Å². The van der Waals surface area contributed by atoms with Crippen molar-refractivity contribution in [1.82, 2.24) is 0 Å². The zero-order valence-corrected chi connectivity index (χ0v) is 20.1. The molecule has 0 aliphatic rings. The highest BCUT2D eigenvalue weighted by Gasteiger charge is 2.55. The summed E-state index contributed by atoms with van der Waals surface area (Å²) in [5.74, 6) is 0. The monoisotopic (exact) mass is 429 g/mol. The molecule has 0 spiro atoms. The minimum Gasteiger partial charge on any atom is -0.377 e. The van der Waals surface area contributed by atoms with Gasteiger partial charge in [-0.3, -0.25) is 0 Å². The van der Waals surface area contributed by atoms with Crippen molar-refractivity contribution in [3.8, 4) is 0 Å². The molecule has 1 nitrogen and oxygen atoms in total. The predicted octanol–water partition coefficient (Wildman–Crippen LogP) is 4.63. The highest BCUT2D eigenvalue weighted by molar-refractivity contribution is 7.53. The van der Waals surface area contributed by atoms with Gasteiger partial charge in [0.05, 0.1) is 0 Å². The molecule has 30 heavy (non-hydrogen) atoms. The summed E-state index contributed by atoms with van der Waals surface area (Å²) >= 11 is 0. The zero-order valence-electron chi connectivity index (χ0n) is 18.1. The lowest BCUT2D eigenvalue weighted by Gasteiger charge is -2.39. The number of anilines is 1. The molecule has 0 aliphatic heterocycles. The van der Waals surface area contributed by atoms with Crippen LogP contribution in [0.25, 0.3) is 10.8 Å². The number of benzene rings is 4. The maximum atomic E-state index is 17.6. The highest BCUT2D eigenvalue weighted by Crippen LogP contribution is 2.30. The highest BCUT2D eigenvalue weighted by atomic mass is 29.3. The smallest absolute Gasteiger partial charge is 0.270 e. The minimum atomic E-state index is -3.44. The van der Waals surface area contributed by atoms with Crippen molar-refractivity contribution in [2.24, 2.45) is 0 Å². The molecule has 152 valence electrons. The SMILES string of the molecule is CN(C)c1cccc2cccc([Si](C)(F)[Si](C)(c3ccccc3)c3ccccc3)c12. The van der Waals surface area contributed by atoms with Crippen LogP contribution >= 0.6 is 0 Å². The lowest BCUT2D eigenvalue weighted by atomic mass is 10.1. The van der Waals surface area contributed by atoms with E-state index in [1.54, 1.807) is 0 Å². The fraction of sp³-hybridized carbons (Fsp3) is 0.154. The quantitative estimate of drug-likeness (QED) is 0.330. The third-order valence-corrected chi connectivity index (χ3v) is 21.0. The van der Waals surface area contributed by atoms with Gasteiger partial charge in [-0.1, -0.05) is 108 Å². The topological polar surface area (TPSA) is 3.24 Å². The van der Waals surface area contributed by atoms with E-state index < -0.39 is 15.5 Å². The van der Waals surface area contributed by atoms with Gasteiger partial charge in [-0.05, 0) is 23.2 Å². The lowest BCUT2D eigenvalue weighted by molar-refractivity contribution is 0.840. The molecule has 0 bridgehead atoms. The Kier molecular flexibility index (Phi) is 5.39. The lowest BCUT2D eigenvalue weighted by Crippen LogP contribution is -2.76. The zero-order chi connectivity index (χ0) is 21.4. The number of rotatable bonds is 5. The van der Waals surface area contributed by atoms with Crippen LogP contribution in [0.15, 0.2) is 97.1 Å². The van der Waals surface area contributed by atoms with Gasteiger partial charge in [-0.2, -0.15) is 0 Å². The second-order valence-corrected chi connectivity index (χ2v) is 20.2. The first kappa shape index (κ1) is 20.6. The van der Waals surface area contributed by atoms with Gasteiger partial charge in [0.1, 0.15) is 7.59 Å². The van der Waals surface area contributed by atoms with Crippen LogP contribution in [0.2, 0.25) is 13.1 Å². The third-order valence-electron chi connectivity index (χ3n) is 6.51. The van der Waals surface area contributed by atoms with E-state index in [4.69, 9.17) is 0 Å². The summed E-state index contributed by atoms with van der Waals surface area (Å²) in [4.78, 5) is 2.10. The molecule has 0 fully saturated rings. The van der Waals surface area contributed by atoms with Gasteiger partial charge in [0, 0.05) is 25.2 Å². The van der Waals surface area contributed by atoms with Gasteiger partial charge in [0.25, 0.3) is 7.93 Å².